The van der Waals surface area contributed by atoms with Gasteiger partial charge in [-0.3, -0.25) is 4.90 Å². The maximum Gasteiger partial charge on any atom is 0.0309 e. The maximum atomic E-state index is 3.87. The molecule has 0 amide bonds. The van der Waals surface area contributed by atoms with E-state index in [9.17, 15) is 0 Å². The van der Waals surface area contributed by atoms with Crippen LogP contribution in [0, 0.1) is 0 Å². The lowest BCUT2D eigenvalue weighted by atomic mass is 9.79. The molecule has 3 rings (SSSR count). The highest BCUT2D eigenvalue weighted by atomic mass is 32.2. The number of nitrogens with one attached hydrogen (secondary N) is 1. The summed E-state index contributed by atoms with van der Waals surface area (Å²) in [7, 11) is 0. The van der Waals surface area contributed by atoms with Crippen molar-refractivity contribution in [3.63, 3.8) is 0 Å². The third-order valence-corrected chi connectivity index (χ3v) is 6.09. The molecular formula is C18H28N2S. The topological polar surface area (TPSA) is 15.3 Å². The molecule has 1 N–H and O–H groups in total. The first kappa shape index (κ1) is 15.4. The van der Waals surface area contributed by atoms with Gasteiger partial charge in [-0.1, -0.05) is 37.5 Å². The van der Waals surface area contributed by atoms with E-state index >= 15 is 0 Å². The van der Waals surface area contributed by atoms with Crippen LogP contribution in [0.1, 0.15) is 39.0 Å². The Labute approximate surface area is 133 Å². The third-order valence-electron chi connectivity index (χ3n) is 5.10. The second-order valence-corrected chi connectivity index (χ2v) is 7.87. The van der Waals surface area contributed by atoms with Crippen LogP contribution in [0.3, 0.4) is 0 Å². The smallest absolute Gasteiger partial charge is 0.0309 e. The molecule has 0 aromatic heterocycles. The number of rotatable bonds is 4. The van der Waals surface area contributed by atoms with Crippen LogP contribution in [0.2, 0.25) is 0 Å². The van der Waals surface area contributed by atoms with Gasteiger partial charge >= 0.3 is 0 Å². The summed E-state index contributed by atoms with van der Waals surface area (Å²) in [5, 5.41) is 3.87. The lowest BCUT2D eigenvalue weighted by Gasteiger charge is -2.49. The fraction of sp³-hybridized carbons (Fsp3) is 0.667. The van der Waals surface area contributed by atoms with Crippen molar-refractivity contribution >= 4 is 11.8 Å². The minimum Gasteiger partial charge on any atom is -0.308 e. The molecular weight excluding hydrogens is 276 g/mol. The molecule has 0 bridgehead atoms. The zero-order valence-electron chi connectivity index (χ0n) is 13.2. The molecule has 2 fully saturated rings. The Hall–Kier alpha value is -0.510. The summed E-state index contributed by atoms with van der Waals surface area (Å²) in [5.41, 5.74) is 0.433. The Morgan fingerprint density at radius 2 is 1.95 bits per heavy atom. The summed E-state index contributed by atoms with van der Waals surface area (Å²) in [5.74, 6) is 1.20. The van der Waals surface area contributed by atoms with Crippen molar-refractivity contribution < 1.29 is 0 Å². The van der Waals surface area contributed by atoms with E-state index in [0.717, 1.165) is 6.54 Å². The average Bonchev–Trinajstić information content (AvgIpc) is 2.53. The normalized spacial score (nSPS) is 26.0. The van der Waals surface area contributed by atoms with Gasteiger partial charge in [0.05, 0.1) is 0 Å². The zero-order chi connectivity index (χ0) is 14.5. The van der Waals surface area contributed by atoms with Gasteiger partial charge in [0.15, 0.2) is 0 Å². The van der Waals surface area contributed by atoms with Crippen LogP contribution < -0.4 is 5.32 Å². The second kappa shape index (κ2) is 7.17. The molecule has 3 heteroatoms. The molecule has 1 aliphatic heterocycles. The molecule has 1 spiro atoms. The van der Waals surface area contributed by atoms with Gasteiger partial charge in [0.1, 0.15) is 0 Å². The first-order chi connectivity index (χ1) is 10.3. The Bertz CT molecular complexity index is 428. The van der Waals surface area contributed by atoms with Crippen LogP contribution in [0.5, 0.6) is 0 Å². The van der Waals surface area contributed by atoms with Crippen molar-refractivity contribution in [1.82, 2.24) is 10.2 Å². The fourth-order valence-corrected chi connectivity index (χ4v) is 4.67. The lowest BCUT2D eigenvalue weighted by molar-refractivity contribution is 0.0679. The molecule has 1 heterocycles. The van der Waals surface area contributed by atoms with Crippen LogP contribution in [0.4, 0.5) is 0 Å². The molecule has 1 saturated heterocycles. The molecule has 2 aliphatic rings. The Kier molecular flexibility index (Phi) is 5.25. The minimum atomic E-state index is 0.433. The van der Waals surface area contributed by atoms with E-state index < -0.39 is 0 Å². The van der Waals surface area contributed by atoms with E-state index in [1.165, 1.54) is 55.8 Å². The number of piperazine rings is 1. The molecule has 2 nitrogen and oxygen atoms in total. The van der Waals surface area contributed by atoms with Crippen molar-refractivity contribution in [2.45, 2.75) is 55.5 Å². The van der Waals surface area contributed by atoms with Gasteiger partial charge in [0, 0.05) is 41.9 Å². The lowest BCUT2D eigenvalue weighted by Crippen LogP contribution is -2.64. The van der Waals surface area contributed by atoms with Crippen LogP contribution in [-0.2, 0) is 0 Å². The Balaban J connectivity index is 1.51. The van der Waals surface area contributed by atoms with Crippen LogP contribution in [0.15, 0.2) is 35.2 Å². The number of nitrogens with zero attached hydrogens (tertiary/aromatic N) is 1. The first-order valence-corrected chi connectivity index (χ1v) is 9.43. The van der Waals surface area contributed by atoms with Gasteiger partial charge in [-0.2, -0.15) is 0 Å². The van der Waals surface area contributed by atoms with E-state index in [-0.39, 0.29) is 0 Å². The predicted octanol–water partition coefficient (Wildman–Crippen LogP) is 3.78. The van der Waals surface area contributed by atoms with E-state index in [4.69, 9.17) is 0 Å². The SMILES string of the molecule is CC1CNC2(CCCCC2)CN1CCSc1ccccc1. The van der Waals surface area contributed by atoms with Crippen molar-refractivity contribution in [3.05, 3.63) is 30.3 Å². The number of benzene rings is 1. The first-order valence-electron chi connectivity index (χ1n) is 8.44. The summed E-state index contributed by atoms with van der Waals surface area (Å²) in [6.45, 7) is 6.00. The minimum absolute atomic E-state index is 0.433. The summed E-state index contributed by atoms with van der Waals surface area (Å²) >= 11 is 1.99. The molecule has 21 heavy (non-hydrogen) atoms. The van der Waals surface area contributed by atoms with E-state index in [2.05, 4.69) is 47.5 Å². The van der Waals surface area contributed by atoms with Crippen molar-refractivity contribution in [1.29, 1.82) is 0 Å². The van der Waals surface area contributed by atoms with Gasteiger partial charge in [-0.15, -0.1) is 11.8 Å². The van der Waals surface area contributed by atoms with Gasteiger partial charge < -0.3 is 5.32 Å². The molecule has 0 radical (unpaired) electrons. The molecule has 1 aromatic carbocycles. The standard InChI is InChI=1S/C18H28N2S/c1-16-14-19-18(10-6-3-7-11-18)15-20(16)12-13-21-17-8-4-2-5-9-17/h2,4-5,8-9,16,19H,3,6-7,10-15H2,1H3. The van der Waals surface area contributed by atoms with E-state index in [0.29, 0.717) is 11.6 Å². The maximum absolute atomic E-state index is 3.87. The summed E-state index contributed by atoms with van der Waals surface area (Å²) in [6.07, 6.45) is 7.01. The third kappa shape index (κ3) is 4.02. The number of thioether (sulfide) groups is 1. The molecule has 1 unspecified atom stereocenters. The largest absolute Gasteiger partial charge is 0.308 e. The van der Waals surface area contributed by atoms with Gasteiger partial charge in [-0.05, 0) is 31.9 Å². The van der Waals surface area contributed by atoms with E-state index in [1.54, 1.807) is 0 Å². The molecule has 1 aromatic rings. The Morgan fingerprint density at radius 1 is 1.19 bits per heavy atom. The van der Waals surface area contributed by atoms with Crippen molar-refractivity contribution in [3.8, 4) is 0 Å². The van der Waals surface area contributed by atoms with Crippen LogP contribution in [0.25, 0.3) is 0 Å². The zero-order valence-corrected chi connectivity index (χ0v) is 14.0. The Morgan fingerprint density at radius 3 is 2.71 bits per heavy atom. The highest BCUT2D eigenvalue weighted by Gasteiger charge is 2.38. The summed E-state index contributed by atoms with van der Waals surface area (Å²) in [6, 6.07) is 11.5. The molecule has 1 atom stereocenters. The van der Waals surface area contributed by atoms with Gasteiger partial charge in [0.2, 0.25) is 0 Å². The van der Waals surface area contributed by atoms with Crippen molar-refractivity contribution in [2.75, 3.05) is 25.4 Å². The fourth-order valence-electron chi connectivity index (χ4n) is 3.75. The van der Waals surface area contributed by atoms with Crippen molar-refractivity contribution in [2.24, 2.45) is 0 Å². The van der Waals surface area contributed by atoms with Gasteiger partial charge in [-0.25, -0.2) is 0 Å². The number of hydrogen-bond acceptors (Lipinski definition) is 3. The monoisotopic (exact) mass is 304 g/mol. The number of hydrogen-bond donors (Lipinski definition) is 1. The molecule has 1 aliphatic carbocycles. The highest BCUT2D eigenvalue weighted by molar-refractivity contribution is 7.99. The second-order valence-electron chi connectivity index (χ2n) is 6.70. The molecule has 1 saturated carbocycles. The van der Waals surface area contributed by atoms with Crippen LogP contribution >= 0.6 is 11.8 Å². The summed E-state index contributed by atoms with van der Waals surface area (Å²) < 4.78 is 0. The quantitative estimate of drug-likeness (QED) is 0.852. The average molecular weight is 305 g/mol. The molecule has 116 valence electrons. The van der Waals surface area contributed by atoms with Gasteiger partial charge in [0.25, 0.3) is 0 Å². The highest BCUT2D eigenvalue weighted by Crippen LogP contribution is 2.32. The van der Waals surface area contributed by atoms with Crippen LogP contribution in [-0.4, -0.2) is 41.9 Å². The predicted molar refractivity (Wildman–Crippen MR) is 92.0 cm³/mol. The van der Waals surface area contributed by atoms with E-state index in [1.807, 2.05) is 11.8 Å². The summed E-state index contributed by atoms with van der Waals surface area (Å²) in [4.78, 5) is 4.12.